The first-order chi connectivity index (χ1) is 9.87. The maximum absolute atomic E-state index is 12.8. The molecule has 2 rings (SSSR count). The van der Waals surface area contributed by atoms with Crippen molar-refractivity contribution in [1.29, 1.82) is 5.41 Å². The fraction of sp³-hybridized carbons (Fsp3) is 0.286. The van der Waals surface area contributed by atoms with E-state index in [9.17, 15) is 8.42 Å². The minimum absolute atomic E-state index is 0.117. The molecule has 0 spiro atoms. The molecule has 0 radical (unpaired) electrons. The van der Waals surface area contributed by atoms with Crippen LogP contribution >= 0.6 is 0 Å². The summed E-state index contributed by atoms with van der Waals surface area (Å²) in [7, 11) is -3.72. The fourth-order valence-corrected chi connectivity index (χ4v) is 3.82. The van der Waals surface area contributed by atoms with Crippen LogP contribution in [-0.2, 0) is 10.0 Å². The van der Waals surface area contributed by atoms with Gasteiger partial charge in [0.1, 0.15) is 5.84 Å². The molecular weight excluding hydrogens is 288 g/mol. The Balaban J connectivity index is 2.65. The Morgan fingerprint density at radius 2 is 2.10 bits per heavy atom. The van der Waals surface area contributed by atoms with Gasteiger partial charge in [0.05, 0.1) is 17.0 Å². The van der Waals surface area contributed by atoms with Crippen LogP contribution in [0.15, 0.2) is 35.4 Å². The second-order valence-electron chi connectivity index (χ2n) is 4.74. The Bertz CT molecular complexity index is 787. The van der Waals surface area contributed by atoms with Gasteiger partial charge in [-0.1, -0.05) is 13.0 Å². The van der Waals surface area contributed by atoms with Gasteiger partial charge in [0.15, 0.2) is 0 Å². The van der Waals surface area contributed by atoms with Crippen LogP contribution in [-0.4, -0.2) is 36.6 Å². The van der Waals surface area contributed by atoms with Gasteiger partial charge in [-0.2, -0.15) is 4.31 Å². The number of hydrogen-bond donors (Lipinski definition) is 2. The van der Waals surface area contributed by atoms with Crippen molar-refractivity contribution >= 4 is 26.8 Å². The average molecular weight is 306 g/mol. The van der Waals surface area contributed by atoms with E-state index in [0.29, 0.717) is 10.9 Å². The SMILES string of the molecule is CCN(CC(=N)N)S(=O)(=O)c1ccc(C)c2ncccc12. The third-order valence-electron chi connectivity index (χ3n) is 3.25. The molecule has 0 saturated carbocycles. The van der Waals surface area contributed by atoms with E-state index < -0.39 is 10.0 Å². The van der Waals surface area contributed by atoms with Gasteiger partial charge in [-0.15, -0.1) is 0 Å². The highest BCUT2D eigenvalue weighted by molar-refractivity contribution is 7.89. The van der Waals surface area contributed by atoms with Crippen molar-refractivity contribution in [3.63, 3.8) is 0 Å². The molecule has 0 unspecified atom stereocenters. The van der Waals surface area contributed by atoms with Gasteiger partial charge >= 0.3 is 0 Å². The van der Waals surface area contributed by atoms with E-state index in [4.69, 9.17) is 11.1 Å². The molecule has 1 aromatic carbocycles. The Morgan fingerprint density at radius 1 is 1.38 bits per heavy atom. The minimum Gasteiger partial charge on any atom is -0.387 e. The molecule has 7 heteroatoms. The summed E-state index contributed by atoms with van der Waals surface area (Å²) >= 11 is 0. The first-order valence-electron chi connectivity index (χ1n) is 6.55. The number of nitrogens with two attached hydrogens (primary N) is 1. The molecule has 3 N–H and O–H groups in total. The summed E-state index contributed by atoms with van der Waals surface area (Å²) < 4.78 is 26.7. The van der Waals surface area contributed by atoms with Crippen LogP contribution in [0.25, 0.3) is 10.9 Å². The summed E-state index contributed by atoms with van der Waals surface area (Å²) in [5.74, 6) is -0.185. The molecule has 0 atom stereocenters. The summed E-state index contributed by atoms with van der Waals surface area (Å²) in [5, 5.41) is 7.91. The second-order valence-corrected chi connectivity index (χ2v) is 6.64. The molecule has 0 fully saturated rings. The molecule has 0 aliphatic carbocycles. The van der Waals surface area contributed by atoms with Crippen molar-refractivity contribution in [2.45, 2.75) is 18.7 Å². The zero-order valence-electron chi connectivity index (χ0n) is 12.0. The molecule has 0 amide bonds. The number of fused-ring (bicyclic) bond motifs is 1. The van der Waals surface area contributed by atoms with E-state index in [0.717, 1.165) is 5.56 Å². The maximum atomic E-state index is 12.8. The topological polar surface area (TPSA) is 100 Å². The fourth-order valence-electron chi connectivity index (χ4n) is 2.21. The Labute approximate surface area is 124 Å². The van der Waals surface area contributed by atoms with Crippen molar-refractivity contribution in [3.8, 4) is 0 Å². The number of nitrogens with zero attached hydrogens (tertiary/aromatic N) is 2. The quantitative estimate of drug-likeness (QED) is 0.645. The average Bonchev–Trinajstić information content (AvgIpc) is 2.44. The second kappa shape index (κ2) is 5.79. The van der Waals surface area contributed by atoms with Crippen LogP contribution in [0.4, 0.5) is 0 Å². The first kappa shape index (κ1) is 15.4. The molecule has 0 aliphatic rings. The number of likely N-dealkylation sites (N-methyl/N-ethyl adjacent to an activating group) is 1. The van der Waals surface area contributed by atoms with Gasteiger partial charge in [-0.3, -0.25) is 10.4 Å². The van der Waals surface area contributed by atoms with Crippen LogP contribution in [0.5, 0.6) is 0 Å². The van der Waals surface area contributed by atoms with Gasteiger partial charge in [0, 0.05) is 18.1 Å². The Morgan fingerprint density at radius 3 is 2.71 bits per heavy atom. The highest BCUT2D eigenvalue weighted by atomic mass is 32.2. The number of amidine groups is 1. The number of nitrogens with one attached hydrogen (secondary N) is 1. The number of hydrogen-bond acceptors (Lipinski definition) is 4. The van der Waals surface area contributed by atoms with Crippen molar-refractivity contribution < 1.29 is 8.42 Å². The predicted octanol–water partition coefficient (Wildman–Crippen LogP) is 1.49. The maximum Gasteiger partial charge on any atom is 0.244 e. The van der Waals surface area contributed by atoms with Gasteiger partial charge in [0.25, 0.3) is 0 Å². The van der Waals surface area contributed by atoms with Crippen LogP contribution in [0.1, 0.15) is 12.5 Å². The van der Waals surface area contributed by atoms with Gasteiger partial charge in [-0.05, 0) is 30.7 Å². The lowest BCUT2D eigenvalue weighted by molar-refractivity contribution is 0.466. The van der Waals surface area contributed by atoms with Crippen molar-refractivity contribution in [1.82, 2.24) is 9.29 Å². The minimum atomic E-state index is -3.72. The highest BCUT2D eigenvalue weighted by Crippen LogP contribution is 2.26. The number of aryl methyl sites for hydroxylation is 1. The van der Waals surface area contributed by atoms with E-state index >= 15 is 0 Å². The molecule has 1 heterocycles. The summed E-state index contributed by atoms with van der Waals surface area (Å²) in [5.41, 5.74) is 6.93. The van der Waals surface area contributed by atoms with Crippen LogP contribution < -0.4 is 5.73 Å². The van der Waals surface area contributed by atoms with Crippen molar-refractivity contribution in [2.24, 2.45) is 5.73 Å². The lowest BCUT2D eigenvalue weighted by Gasteiger charge is -2.20. The zero-order valence-corrected chi connectivity index (χ0v) is 12.8. The van der Waals surface area contributed by atoms with E-state index in [1.807, 2.05) is 6.92 Å². The van der Waals surface area contributed by atoms with E-state index in [1.54, 1.807) is 37.4 Å². The monoisotopic (exact) mass is 306 g/mol. The summed E-state index contributed by atoms with van der Waals surface area (Å²) in [6.45, 7) is 3.74. The summed E-state index contributed by atoms with van der Waals surface area (Å²) in [4.78, 5) is 4.44. The zero-order chi connectivity index (χ0) is 15.6. The number of benzene rings is 1. The number of pyridine rings is 1. The Hall–Kier alpha value is -1.99. The van der Waals surface area contributed by atoms with E-state index in [-0.39, 0.29) is 23.8 Å². The van der Waals surface area contributed by atoms with E-state index in [2.05, 4.69) is 4.98 Å². The third kappa shape index (κ3) is 2.88. The molecule has 1 aromatic heterocycles. The molecule has 0 saturated heterocycles. The lowest BCUT2D eigenvalue weighted by Crippen LogP contribution is -2.38. The molecule has 112 valence electrons. The van der Waals surface area contributed by atoms with Crippen LogP contribution in [0.2, 0.25) is 0 Å². The van der Waals surface area contributed by atoms with Crippen LogP contribution in [0.3, 0.4) is 0 Å². The number of sulfonamides is 1. The van der Waals surface area contributed by atoms with Gasteiger partial charge < -0.3 is 5.73 Å². The van der Waals surface area contributed by atoms with Crippen molar-refractivity contribution in [2.75, 3.05) is 13.1 Å². The molecule has 0 aliphatic heterocycles. The highest BCUT2D eigenvalue weighted by Gasteiger charge is 2.26. The number of aromatic nitrogens is 1. The number of rotatable bonds is 5. The lowest BCUT2D eigenvalue weighted by atomic mass is 10.1. The third-order valence-corrected chi connectivity index (χ3v) is 5.23. The van der Waals surface area contributed by atoms with Crippen LogP contribution in [0, 0.1) is 12.3 Å². The molecule has 21 heavy (non-hydrogen) atoms. The normalized spacial score (nSPS) is 12.0. The van der Waals surface area contributed by atoms with Gasteiger partial charge in [0.2, 0.25) is 10.0 Å². The molecule has 6 nitrogen and oxygen atoms in total. The molecular formula is C14H18N4O2S. The predicted molar refractivity (Wildman–Crippen MR) is 82.8 cm³/mol. The summed E-state index contributed by atoms with van der Waals surface area (Å²) in [6, 6.07) is 6.77. The van der Waals surface area contributed by atoms with Gasteiger partial charge in [-0.25, -0.2) is 8.42 Å². The Kier molecular flexibility index (Phi) is 4.24. The standard InChI is InChI=1S/C14H18N4O2S/c1-3-18(9-13(15)16)21(19,20)12-7-6-10(2)14-11(12)5-4-8-17-14/h4-8H,3,9H2,1-2H3,(H3,15,16). The largest absolute Gasteiger partial charge is 0.387 e. The molecule has 2 aromatic rings. The summed E-state index contributed by atoms with van der Waals surface area (Å²) in [6.07, 6.45) is 1.64. The van der Waals surface area contributed by atoms with E-state index in [1.165, 1.54) is 4.31 Å². The molecule has 0 bridgehead atoms. The van der Waals surface area contributed by atoms with Crippen molar-refractivity contribution in [3.05, 3.63) is 36.0 Å². The smallest absolute Gasteiger partial charge is 0.244 e. The first-order valence-corrected chi connectivity index (χ1v) is 7.99.